The molecule has 3 aromatic rings. The number of carbonyl (C=O) groups excluding carboxylic acids is 2. The molecular formula is C18H13BrN2O6. The van der Waals surface area contributed by atoms with E-state index in [1.54, 1.807) is 18.2 Å². The molecule has 0 aliphatic heterocycles. The molecule has 0 unspecified atom stereocenters. The van der Waals surface area contributed by atoms with Crippen molar-refractivity contribution in [2.45, 2.75) is 6.92 Å². The Morgan fingerprint density at radius 3 is 2.52 bits per heavy atom. The van der Waals surface area contributed by atoms with Crippen LogP contribution in [0.3, 0.4) is 0 Å². The number of carbonyl (C=O) groups is 2. The van der Waals surface area contributed by atoms with Gasteiger partial charge in [0.2, 0.25) is 11.8 Å². The number of nitro groups is 1. The van der Waals surface area contributed by atoms with Crippen LogP contribution in [0, 0.1) is 10.1 Å². The molecule has 8 nitrogen and oxygen atoms in total. The van der Waals surface area contributed by atoms with Crippen LogP contribution in [0.2, 0.25) is 0 Å². The predicted octanol–water partition coefficient (Wildman–Crippen LogP) is 3.92. The number of methoxy groups -OCH3 is 1. The van der Waals surface area contributed by atoms with Crippen molar-refractivity contribution >= 4 is 44.2 Å². The topological polar surface area (TPSA) is 112 Å². The van der Waals surface area contributed by atoms with E-state index in [-0.39, 0.29) is 22.6 Å². The molecule has 0 spiro atoms. The van der Waals surface area contributed by atoms with Crippen molar-refractivity contribution in [3.63, 3.8) is 0 Å². The van der Waals surface area contributed by atoms with E-state index in [0.717, 1.165) is 10.6 Å². The fourth-order valence-electron chi connectivity index (χ4n) is 2.91. The van der Waals surface area contributed by atoms with Gasteiger partial charge in [-0.15, -0.1) is 0 Å². The zero-order valence-electron chi connectivity index (χ0n) is 14.2. The summed E-state index contributed by atoms with van der Waals surface area (Å²) in [6, 6.07) is 8.57. The van der Waals surface area contributed by atoms with Gasteiger partial charge in [0.05, 0.1) is 23.1 Å². The molecule has 27 heavy (non-hydrogen) atoms. The Kier molecular flexibility index (Phi) is 4.71. The highest BCUT2D eigenvalue weighted by atomic mass is 79.9. The van der Waals surface area contributed by atoms with Gasteiger partial charge in [-0.3, -0.25) is 24.3 Å². The maximum atomic E-state index is 13.1. The van der Waals surface area contributed by atoms with Gasteiger partial charge in [0.15, 0.2) is 11.5 Å². The second-order valence-electron chi connectivity index (χ2n) is 5.69. The van der Waals surface area contributed by atoms with E-state index in [1.165, 1.54) is 26.2 Å². The molecule has 0 aliphatic rings. The summed E-state index contributed by atoms with van der Waals surface area (Å²) in [7, 11) is 1.26. The molecule has 0 aliphatic carbocycles. The summed E-state index contributed by atoms with van der Waals surface area (Å²) in [5.41, 5.74) is 0.0975. The third kappa shape index (κ3) is 3.06. The van der Waals surface area contributed by atoms with Crippen LogP contribution in [0.15, 0.2) is 40.9 Å². The Bertz CT molecular complexity index is 1120. The highest BCUT2D eigenvalue weighted by molar-refractivity contribution is 9.10. The third-order valence-corrected chi connectivity index (χ3v) is 4.58. The van der Waals surface area contributed by atoms with Gasteiger partial charge in [0.1, 0.15) is 0 Å². The number of halogens is 1. The zero-order chi connectivity index (χ0) is 19.9. The molecule has 1 heterocycles. The van der Waals surface area contributed by atoms with Crippen molar-refractivity contribution in [3.05, 3.63) is 62.1 Å². The van der Waals surface area contributed by atoms with Crippen LogP contribution in [0.25, 0.3) is 10.9 Å². The summed E-state index contributed by atoms with van der Waals surface area (Å²) < 4.78 is 6.69. The van der Waals surface area contributed by atoms with Crippen molar-refractivity contribution in [2.24, 2.45) is 0 Å². The average Bonchev–Trinajstić information content (AvgIpc) is 2.91. The van der Waals surface area contributed by atoms with Crippen LogP contribution in [0.4, 0.5) is 5.69 Å². The maximum Gasteiger partial charge on any atom is 0.310 e. The second-order valence-corrected chi connectivity index (χ2v) is 6.60. The van der Waals surface area contributed by atoms with Gasteiger partial charge in [-0.2, -0.15) is 0 Å². The molecule has 0 saturated carbocycles. The van der Waals surface area contributed by atoms with Gasteiger partial charge in [-0.25, -0.2) is 0 Å². The minimum Gasteiger partial charge on any atom is -0.494 e. The van der Waals surface area contributed by atoms with Crippen molar-refractivity contribution in [3.8, 4) is 11.6 Å². The van der Waals surface area contributed by atoms with Crippen molar-refractivity contribution < 1.29 is 24.4 Å². The van der Waals surface area contributed by atoms with E-state index in [9.17, 15) is 24.8 Å². The summed E-state index contributed by atoms with van der Waals surface area (Å²) in [5, 5.41) is 21.9. The minimum absolute atomic E-state index is 0.0718. The van der Waals surface area contributed by atoms with Crippen LogP contribution in [0.1, 0.15) is 27.6 Å². The first-order valence-corrected chi connectivity index (χ1v) is 8.46. The lowest BCUT2D eigenvalue weighted by atomic mass is 10.0. The molecule has 3 rings (SSSR count). The molecule has 1 N–H and O–H groups in total. The van der Waals surface area contributed by atoms with Crippen LogP contribution >= 0.6 is 15.9 Å². The van der Waals surface area contributed by atoms with Crippen LogP contribution in [-0.2, 0) is 0 Å². The number of rotatable bonds is 4. The molecule has 0 saturated heterocycles. The Hall–Kier alpha value is -3.20. The smallest absolute Gasteiger partial charge is 0.310 e. The largest absolute Gasteiger partial charge is 0.494 e. The summed E-state index contributed by atoms with van der Waals surface area (Å²) in [6.45, 7) is 1.27. The Labute approximate surface area is 161 Å². The standard InChI is InChI=1S/C18H13BrN2O6/c1-9(22)20-13-6-4-11(19)8-12(13)16(18(20)24)17(23)10-3-5-14(21(25)26)15(7-10)27-2/h3-8,24H,1-2H3. The van der Waals surface area contributed by atoms with Crippen molar-refractivity contribution in [1.82, 2.24) is 4.57 Å². The van der Waals surface area contributed by atoms with Crippen LogP contribution < -0.4 is 4.74 Å². The highest BCUT2D eigenvalue weighted by Gasteiger charge is 2.27. The molecule has 2 aromatic carbocycles. The van der Waals surface area contributed by atoms with Gasteiger partial charge < -0.3 is 9.84 Å². The number of ether oxygens (including phenoxy) is 1. The van der Waals surface area contributed by atoms with Crippen molar-refractivity contribution in [2.75, 3.05) is 7.11 Å². The van der Waals surface area contributed by atoms with Gasteiger partial charge >= 0.3 is 5.69 Å². The molecule has 0 radical (unpaired) electrons. The molecule has 0 amide bonds. The first-order valence-electron chi connectivity index (χ1n) is 7.67. The number of aromatic hydroxyl groups is 1. The van der Waals surface area contributed by atoms with E-state index in [0.29, 0.717) is 15.4 Å². The Morgan fingerprint density at radius 1 is 1.22 bits per heavy atom. The average molecular weight is 433 g/mol. The Morgan fingerprint density at radius 2 is 1.93 bits per heavy atom. The fraction of sp³-hybridized carbons (Fsp3) is 0.111. The molecule has 1 aromatic heterocycles. The quantitative estimate of drug-likeness (QED) is 0.379. The molecular weight excluding hydrogens is 420 g/mol. The SMILES string of the molecule is COc1cc(C(=O)c2c(O)n(C(C)=O)c3ccc(Br)cc23)ccc1[N+](=O)[O-]. The van der Waals surface area contributed by atoms with Gasteiger partial charge in [0.25, 0.3) is 0 Å². The minimum atomic E-state index is -0.622. The fourth-order valence-corrected chi connectivity index (χ4v) is 3.27. The Balaban J connectivity index is 2.25. The highest BCUT2D eigenvalue weighted by Crippen LogP contribution is 2.36. The summed E-state index contributed by atoms with van der Waals surface area (Å²) >= 11 is 3.31. The maximum absolute atomic E-state index is 13.1. The number of nitro benzene ring substituents is 1. The van der Waals surface area contributed by atoms with E-state index in [1.807, 2.05) is 0 Å². The molecule has 0 bridgehead atoms. The van der Waals surface area contributed by atoms with E-state index in [4.69, 9.17) is 4.74 Å². The van der Waals surface area contributed by atoms with Gasteiger partial charge in [0, 0.05) is 28.4 Å². The number of benzene rings is 2. The monoisotopic (exact) mass is 432 g/mol. The summed E-state index contributed by atoms with van der Waals surface area (Å²) in [5.74, 6) is -1.62. The zero-order valence-corrected chi connectivity index (χ0v) is 15.8. The summed E-state index contributed by atoms with van der Waals surface area (Å²) in [4.78, 5) is 35.4. The second kappa shape index (κ2) is 6.84. The van der Waals surface area contributed by atoms with Crippen molar-refractivity contribution in [1.29, 1.82) is 0 Å². The van der Waals surface area contributed by atoms with Gasteiger partial charge in [-0.1, -0.05) is 15.9 Å². The number of nitrogens with zero attached hydrogens (tertiary/aromatic N) is 2. The lowest BCUT2D eigenvalue weighted by molar-refractivity contribution is -0.385. The predicted molar refractivity (Wildman–Crippen MR) is 101 cm³/mol. The molecule has 138 valence electrons. The number of hydrogen-bond acceptors (Lipinski definition) is 6. The lowest BCUT2D eigenvalue weighted by Crippen LogP contribution is -2.06. The third-order valence-electron chi connectivity index (χ3n) is 4.08. The molecule has 0 fully saturated rings. The van der Waals surface area contributed by atoms with E-state index in [2.05, 4.69) is 15.9 Å². The van der Waals surface area contributed by atoms with Crippen LogP contribution in [0.5, 0.6) is 11.6 Å². The lowest BCUT2D eigenvalue weighted by Gasteiger charge is -2.05. The number of hydrogen-bond donors (Lipinski definition) is 1. The molecule has 9 heteroatoms. The van der Waals surface area contributed by atoms with Gasteiger partial charge in [-0.05, 0) is 30.3 Å². The summed E-state index contributed by atoms with van der Waals surface area (Å²) in [6.07, 6.45) is 0. The first kappa shape index (κ1) is 18.6. The van der Waals surface area contributed by atoms with Crippen LogP contribution in [-0.4, -0.2) is 33.4 Å². The number of aromatic nitrogens is 1. The number of ketones is 1. The normalized spacial score (nSPS) is 10.8. The molecule has 0 atom stereocenters. The van der Waals surface area contributed by atoms with E-state index < -0.39 is 22.5 Å². The first-order chi connectivity index (χ1) is 12.8. The van der Waals surface area contributed by atoms with E-state index >= 15 is 0 Å². The number of fused-ring (bicyclic) bond motifs is 1.